The zero-order valence-corrected chi connectivity index (χ0v) is 25.7. The van der Waals surface area contributed by atoms with Crippen LogP contribution in [0.15, 0.2) is 48.5 Å². The first-order valence-electron chi connectivity index (χ1n) is 15.0. The van der Waals surface area contributed by atoms with E-state index in [-0.39, 0.29) is 24.5 Å². The largest absolute Gasteiger partial charge is 0.457 e. The number of hydrogen-bond donors (Lipinski definition) is 1. The van der Waals surface area contributed by atoms with Gasteiger partial charge in [0.05, 0.1) is 12.5 Å². The fourth-order valence-corrected chi connectivity index (χ4v) is 5.33. The minimum Gasteiger partial charge on any atom is -0.457 e. The number of fused-ring (bicyclic) bond motifs is 1. The Morgan fingerprint density at radius 1 is 0.975 bits per heavy atom. The molecule has 220 valence electrons. The van der Waals surface area contributed by atoms with E-state index in [1.165, 1.54) is 12.8 Å². The van der Waals surface area contributed by atoms with Gasteiger partial charge < -0.3 is 19.7 Å². The van der Waals surface area contributed by atoms with E-state index in [4.69, 9.17) is 9.47 Å². The summed E-state index contributed by atoms with van der Waals surface area (Å²) in [4.78, 5) is 28.1. The first-order valence-corrected chi connectivity index (χ1v) is 15.0. The van der Waals surface area contributed by atoms with Crippen molar-refractivity contribution in [2.45, 2.75) is 98.6 Å². The van der Waals surface area contributed by atoms with Crippen LogP contribution in [0.25, 0.3) is 0 Å². The minimum absolute atomic E-state index is 0.0423. The summed E-state index contributed by atoms with van der Waals surface area (Å²) in [6.07, 6.45) is 5.05. The Hall–Kier alpha value is -3.02. The van der Waals surface area contributed by atoms with Crippen molar-refractivity contribution in [2.75, 3.05) is 13.1 Å². The van der Waals surface area contributed by atoms with Crippen LogP contribution >= 0.6 is 0 Å². The van der Waals surface area contributed by atoms with Crippen LogP contribution in [0, 0.1) is 17.8 Å². The lowest BCUT2D eigenvalue weighted by Crippen LogP contribution is -2.44. The number of nitrogens with zero attached hydrogens (tertiary/aromatic N) is 1. The van der Waals surface area contributed by atoms with Crippen molar-refractivity contribution in [2.24, 2.45) is 17.8 Å². The molecule has 0 aliphatic carbocycles. The highest BCUT2D eigenvalue weighted by molar-refractivity contribution is 5.78. The second-order valence-electron chi connectivity index (χ2n) is 12.9. The lowest BCUT2D eigenvalue weighted by molar-refractivity contribution is -0.122. The summed E-state index contributed by atoms with van der Waals surface area (Å²) in [7, 11) is 0. The van der Waals surface area contributed by atoms with E-state index in [0.29, 0.717) is 37.3 Å². The second-order valence-corrected chi connectivity index (χ2v) is 12.9. The average molecular weight is 551 g/mol. The van der Waals surface area contributed by atoms with E-state index in [0.717, 1.165) is 35.5 Å². The number of ether oxygens (including phenoxy) is 2. The lowest BCUT2D eigenvalue weighted by Gasteiger charge is -2.38. The monoisotopic (exact) mass is 550 g/mol. The van der Waals surface area contributed by atoms with Gasteiger partial charge in [-0.2, -0.15) is 0 Å². The Bertz CT molecular complexity index is 1090. The van der Waals surface area contributed by atoms with Crippen molar-refractivity contribution in [3.63, 3.8) is 0 Å². The zero-order valence-electron chi connectivity index (χ0n) is 25.7. The molecule has 1 unspecified atom stereocenters. The van der Waals surface area contributed by atoms with Gasteiger partial charge >= 0.3 is 6.09 Å². The quantitative estimate of drug-likeness (QED) is 0.270. The van der Waals surface area contributed by atoms with Crippen molar-refractivity contribution < 1.29 is 19.1 Å². The van der Waals surface area contributed by atoms with E-state index >= 15 is 0 Å². The Kier molecular flexibility index (Phi) is 11.5. The molecule has 3 rings (SSSR count). The summed E-state index contributed by atoms with van der Waals surface area (Å²) >= 11 is 0. The highest BCUT2D eigenvalue weighted by Gasteiger charge is 2.35. The molecular weight excluding hydrogens is 500 g/mol. The molecular formula is C34H50N2O4. The normalized spacial score (nSPS) is 16.0. The summed E-state index contributed by atoms with van der Waals surface area (Å²) < 4.78 is 11.8. The number of benzene rings is 2. The average Bonchev–Trinajstić information content (AvgIpc) is 2.87. The molecule has 0 fully saturated rings. The first-order chi connectivity index (χ1) is 18.9. The van der Waals surface area contributed by atoms with Crippen LogP contribution in [-0.2, 0) is 16.0 Å². The van der Waals surface area contributed by atoms with Gasteiger partial charge in [-0.3, -0.25) is 4.79 Å². The number of carbonyl (C=O) groups is 2. The number of nitrogens with one attached hydrogen (secondary N) is 1. The SMILES string of the molecule is CC(C)CCC(CCCNC(=O)C[C@H]1c2ccc(Oc3ccccc3)cc2CCN1C(=O)OC(C)(C)C)C(C)C. The third kappa shape index (κ3) is 9.87. The molecule has 2 amide bonds. The van der Waals surface area contributed by atoms with Crippen molar-refractivity contribution in [3.05, 3.63) is 59.7 Å². The smallest absolute Gasteiger partial charge is 0.410 e. The van der Waals surface area contributed by atoms with Crippen LogP contribution in [0.4, 0.5) is 4.79 Å². The molecule has 0 bridgehead atoms. The summed E-state index contributed by atoms with van der Waals surface area (Å²) in [5, 5.41) is 3.13. The summed E-state index contributed by atoms with van der Waals surface area (Å²) in [6, 6.07) is 15.2. The Morgan fingerprint density at radius 3 is 2.35 bits per heavy atom. The van der Waals surface area contributed by atoms with Crippen LogP contribution in [0.3, 0.4) is 0 Å². The third-order valence-electron chi connectivity index (χ3n) is 7.59. The van der Waals surface area contributed by atoms with Gasteiger partial charge in [-0.1, -0.05) is 58.4 Å². The maximum atomic E-state index is 13.2. The van der Waals surface area contributed by atoms with Gasteiger partial charge in [-0.15, -0.1) is 0 Å². The van der Waals surface area contributed by atoms with E-state index in [2.05, 4.69) is 33.0 Å². The Morgan fingerprint density at radius 2 is 1.70 bits per heavy atom. The van der Waals surface area contributed by atoms with Crippen LogP contribution in [0.5, 0.6) is 11.5 Å². The van der Waals surface area contributed by atoms with Crippen LogP contribution in [0.2, 0.25) is 0 Å². The summed E-state index contributed by atoms with van der Waals surface area (Å²) in [5.41, 5.74) is 1.46. The van der Waals surface area contributed by atoms with Crippen molar-refractivity contribution in [1.82, 2.24) is 10.2 Å². The topological polar surface area (TPSA) is 67.9 Å². The number of amides is 2. The molecule has 40 heavy (non-hydrogen) atoms. The zero-order chi connectivity index (χ0) is 29.3. The molecule has 0 saturated carbocycles. The van der Waals surface area contributed by atoms with Gasteiger partial charge in [0.1, 0.15) is 17.1 Å². The fraction of sp³-hybridized carbons (Fsp3) is 0.588. The van der Waals surface area contributed by atoms with Gasteiger partial charge in [0.25, 0.3) is 0 Å². The molecule has 1 heterocycles. The first kappa shape index (κ1) is 31.5. The van der Waals surface area contributed by atoms with Gasteiger partial charge in [-0.25, -0.2) is 4.79 Å². The summed E-state index contributed by atoms with van der Waals surface area (Å²) in [6.45, 7) is 15.9. The molecule has 0 radical (unpaired) electrons. The molecule has 2 aromatic carbocycles. The summed E-state index contributed by atoms with van der Waals surface area (Å²) in [5.74, 6) is 3.52. The molecule has 0 saturated heterocycles. The number of hydrogen-bond acceptors (Lipinski definition) is 4. The maximum Gasteiger partial charge on any atom is 0.410 e. The molecule has 1 aliphatic heterocycles. The van der Waals surface area contributed by atoms with Gasteiger partial charge in [0.15, 0.2) is 0 Å². The Balaban J connectivity index is 1.68. The maximum absolute atomic E-state index is 13.2. The highest BCUT2D eigenvalue weighted by Crippen LogP contribution is 2.36. The molecule has 0 aromatic heterocycles. The fourth-order valence-electron chi connectivity index (χ4n) is 5.33. The van der Waals surface area contributed by atoms with Crippen LogP contribution in [0.1, 0.15) is 97.7 Å². The molecule has 0 spiro atoms. The van der Waals surface area contributed by atoms with Crippen LogP contribution < -0.4 is 10.1 Å². The van der Waals surface area contributed by atoms with E-state index in [9.17, 15) is 9.59 Å². The predicted octanol–water partition coefficient (Wildman–Crippen LogP) is 8.31. The minimum atomic E-state index is -0.611. The van der Waals surface area contributed by atoms with Crippen LogP contribution in [-0.4, -0.2) is 35.6 Å². The molecule has 1 aliphatic rings. The molecule has 6 heteroatoms. The van der Waals surface area contributed by atoms with E-state index in [1.54, 1.807) is 4.90 Å². The van der Waals surface area contributed by atoms with E-state index in [1.807, 2.05) is 69.3 Å². The molecule has 1 N–H and O–H groups in total. The third-order valence-corrected chi connectivity index (χ3v) is 7.59. The molecule has 6 nitrogen and oxygen atoms in total. The van der Waals surface area contributed by atoms with Crippen molar-refractivity contribution in [1.29, 1.82) is 0 Å². The van der Waals surface area contributed by atoms with Gasteiger partial charge in [0, 0.05) is 13.1 Å². The number of para-hydroxylation sites is 1. The van der Waals surface area contributed by atoms with Crippen molar-refractivity contribution >= 4 is 12.0 Å². The van der Waals surface area contributed by atoms with Crippen molar-refractivity contribution in [3.8, 4) is 11.5 Å². The molecule has 2 aromatic rings. The predicted molar refractivity (Wildman–Crippen MR) is 162 cm³/mol. The standard InChI is InChI=1S/C34H50N2O4/c1-24(2)15-16-26(25(3)4)12-11-20-35-32(37)23-31-30-18-17-29(39-28-13-9-8-10-14-28)22-27(30)19-21-36(31)33(38)40-34(5,6)7/h8-10,13-14,17-18,22,24-26,31H,11-12,15-16,19-21,23H2,1-7H3,(H,35,37)/t26?,31-/m0/s1. The lowest BCUT2D eigenvalue weighted by atomic mass is 9.85. The Labute approximate surface area is 241 Å². The van der Waals surface area contributed by atoms with Gasteiger partial charge in [-0.05, 0) is 99.6 Å². The van der Waals surface area contributed by atoms with E-state index < -0.39 is 5.60 Å². The highest BCUT2D eigenvalue weighted by atomic mass is 16.6. The second kappa shape index (κ2) is 14.6. The number of rotatable bonds is 12. The number of carbonyl (C=O) groups excluding carboxylic acids is 2. The van der Waals surface area contributed by atoms with Gasteiger partial charge in [0.2, 0.25) is 5.91 Å². The molecule has 2 atom stereocenters.